The van der Waals surface area contributed by atoms with Gasteiger partial charge in [-0.3, -0.25) is 0 Å². The Kier molecular flexibility index (Phi) is 3.94. The van der Waals surface area contributed by atoms with Crippen molar-refractivity contribution in [3.8, 4) is 0 Å². The highest BCUT2D eigenvalue weighted by Crippen LogP contribution is 2.32. The van der Waals surface area contributed by atoms with Crippen molar-refractivity contribution in [1.82, 2.24) is 13.9 Å². The van der Waals surface area contributed by atoms with Crippen molar-refractivity contribution in [2.45, 2.75) is 17.4 Å². The molecule has 24 heavy (non-hydrogen) atoms. The summed E-state index contributed by atoms with van der Waals surface area (Å²) in [4.78, 5) is 4.73. The first-order valence-corrected chi connectivity index (χ1v) is 9.97. The van der Waals surface area contributed by atoms with Crippen LogP contribution in [0.5, 0.6) is 0 Å². The summed E-state index contributed by atoms with van der Waals surface area (Å²) in [5.41, 5.74) is 1.98. The Morgan fingerprint density at radius 2 is 1.83 bits per heavy atom. The van der Waals surface area contributed by atoms with E-state index in [4.69, 9.17) is 0 Å². The van der Waals surface area contributed by atoms with Crippen LogP contribution in [-0.2, 0) is 10.0 Å². The number of hydrogen-bond acceptors (Lipinski definition) is 3. The minimum atomic E-state index is -3.49. The van der Waals surface area contributed by atoms with Crippen LogP contribution in [-0.4, -0.2) is 35.4 Å². The van der Waals surface area contributed by atoms with E-state index < -0.39 is 10.0 Å². The van der Waals surface area contributed by atoms with E-state index in [9.17, 15) is 8.42 Å². The predicted molar refractivity (Wildman–Crippen MR) is 96.3 cm³/mol. The Morgan fingerprint density at radius 1 is 1.08 bits per heavy atom. The summed E-state index contributed by atoms with van der Waals surface area (Å²) in [6, 6.07) is 15.0. The average Bonchev–Trinajstić information content (AvgIpc) is 3.22. The molecular formula is C17H16BrN3O2S. The summed E-state index contributed by atoms with van der Waals surface area (Å²) in [5.74, 6) is 0. The lowest BCUT2D eigenvalue weighted by Gasteiger charge is -2.18. The third-order valence-electron chi connectivity index (χ3n) is 4.46. The van der Waals surface area contributed by atoms with Crippen LogP contribution in [0.25, 0.3) is 11.0 Å². The van der Waals surface area contributed by atoms with Crippen LogP contribution in [0.4, 0.5) is 0 Å². The van der Waals surface area contributed by atoms with E-state index in [-0.39, 0.29) is 6.04 Å². The number of imidazole rings is 1. The molecule has 4 rings (SSSR count). The number of nitrogens with zero attached hydrogens (tertiary/aromatic N) is 3. The summed E-state index contributed by atoms with van der Waals surface area (Å²) in [6.07, 6.45) is 2.59. The number of halogens is 1. The molecule has 124 valence electrons. The number of para-hydroxylation sites is 2. The first-order valence-electron chi connectivity index (χ1n) is 7.73. The van der Waals surface area contributed by atoms with Gasteiger partial charge in [-0.1, -0.05) is 24.3 Å². The second-order valence-corrected chi connectivity index (χ2v) is 8.64. The van der Waals surface area contributed by atoms with E-state index in [1.165, 1.54) is 0 Å². The number of aromatic nitrogens is 2. The summed E-state index contributed by atoms with van der Waals surface area (Å²) in [6.45, 7) is 0.977. The molecule has 1 aliphatic heterocycles. The van der Waals surface area contributed by atoms with Gasteiger partial charge in [0.25, 0.3) is 0 Å². The van der Waals surface area contributed by atoms with Crippen molar-refractivity contribution in [3.05, 3.63) is 59.3 Å². The Hall–Kier alpha value is -1.70. The van der Waals surface area contributed by atoms with E-state index >= 15 is 0 Å². The van der Waals surface area contributed by atoms with Crippen molar-refractivity contribution < 1.29 is 8.42 Å². The second kappa shape index (κ2) is 5.98. The predicted octanol–water partition coefficient (Wildman–Crippen LogP) is 3.43. The quantitative estimate of drug-likeness (QED) is 0.670. The molecule has 0 radical (unpaired) electrons. The van der Waals surface area contributed by atoms with Gasteiger partial charge >= 0.3 is 0 Å². The lowest BCUT2D eigenvalue weighted by Crippen LogP contribution is -2.29. The highest BCUT2D eigenvalue weighted by atomic mass is 79.9. The summed E-state index contributed by atoms with van der Waals surface area (Å²) >= 11 is 3.34. The van der Waals surface area contributed by atoms with Crippen LogP contribution in [0.3, 0.4) is 0 Å². The van der Waals surface area contributed by atoms with Gasteiger partial charge in [-0.05, 0) is 46.6 Å². The first-order chi connectivity index (χ1) is 11.6. The highest BCUT2D eigenvalue weighted by Gasteiger charge is 2.34. The minimum absolute atomic E-state index is 0.106. The largest absolute Gasteiger partial charge is 0.326 e. The Bertz CT molecular complexity index is 1000. The molecule has 2 heterocycles. The molecule has 0 unspecified atom stereocenters. The first kappa shape index (κ1) is 15.8. The van der Waals surface area contributed by atoms with Crippen LogP contribution in [0.2, 0.25) is 0 Å². The monoisotopic (exact) mass is 405 g/mol. The van der Waals surface area contributed by atoms with Gasteiger partial charge in [0.15, 0.2) is 0 Å². The van der Waals surface area contributed by atoms with Crippen molar-refractivity contribution in [3.63, 3.8) is 0 Å². The molecule has 0 N–H and O–H groups in total. The van der Waals surface area contributed by atoms with Crippen molar-refractivity contribution in [2.24, 2.45) is 0 Å². The fraction of sp³-hybridized carbons (Fsp3) is 0.235. The molecule has 0 amide bonds. The Balaban J connectivity index is 1.64. The van der Waals surface area contributed by atoms with Gasteiger partial charge in [0.1, 0.15) is 0 Å². The van der Waals surface area contributed by atoms with Gasteiger partial charge in [-0.15, -0.1) is 0 Å². The number of fused-ring (bicyclic) bond motifs is 1. The van der Waals surface area contributed by atoms with Crippen LogP contribution in [0.15, 0.2) is 64.2 Å². The molecule has 7 heteroatoms. The maximum absolute atomic E-state index is 12.9. The van der Waals surface area contributed by atoms with E-state index in [0.717, 1.165) is 17.5 Å². The molecule has 1 aromatic heterocycles. The van der Waals surface area contributed by atoms with Gasteiger partial charge in [0.05, 0.1) is 28.3 Å². The number of hydrogen-bond donors (Lipinski definition) is 0. The maximum Gasteiger partial charge on any atom is 0.244 e. The van der Waals surface area contributed by atoms with Crippen LogP contribution in [0, 0.1) is 0 Å². The van der Waals surface area contributed by atoms with Gasteiger partial charge in [0.2, 0.25) is 10.0 Å². The molecular weight excluding hydrogens is 390 g/mol. The van der Waals surface area contributed by atoms with E-state index in [0.29, 0.717) is 22.5 Å². The molecule has 5 nitrogen and oxygen atoms in total. The Morgan fingerprint density at radius 3 is 2.67 bits per heavy atom. The number of rotatable bonds is 3. The third-order valence-corrected chi connectivity index (χ3v) is 7.33. The van der Waals surface area contributed by atoms with E-state index in [2.05, 4.69) is 25.5 Å². The summed E-state index contributed by atoms with van der Waals surface area (Å²) in [7, 11) is -3.49. The van der Waals surface area contributed by atoms with Gasteiger partial charge < -0.3 is 4.57 Å². The molecule has 1 saturated heterocycles. The zero-order valence-corrected chi connectivity index (χ0v) is 15.2. The topological polar surface area (TPSA) is 55.2 Å². The lowest BCUT2D eigenvalue weighted by molar-refractivity contribution is 0.454. The van der Waals surface area contributed by atoms with Crippen molar-refractivity contribution >= 4 is 37.0 Å². The molecule has 0 spiro atoms. The van der Waals surface area contributed by atoms with Crippen LogP contribution in [0.1, 0.15) is 12.5 Å². The molecule has 0 aliphatic carbocycles. The van der Waals surface area contributed by atoms with E-state index in [1.54, 1.807) is 22.5 Å². The maximum atomic E-state index is 12.9. The number of sulfonamides is 1. The average molecular weight is 406 g/mol. The van der Waals surface area contributed by atoms with Gasteiger partial charge in [-0.25, -0.2) is 13.4 Å². The lowest BCUT2D eigenvalue weighted by atomic mass is 10.2. The zero-order valence-electron chi connectivity index (χ0n) is 12.8. The molecule has 0 bridgehead atoms. The fourth-order valence-electron chi connectivity index (χ4n) is 3.22. The SMILES string of the molecule is O=S(=O)(c1ccccc1Br)N1CC[C@H](n2cnc3ccccc32)C1. The molecule has 1 aliphatic rings. The van der Waals surface area contributed by atoms with Gasteiger partial charge in [0, 0.05) is 17.6 Å². The third kappa shape index (κ3) is 2.56. The summed E-state index contributed by atoms with van der Waals surface area (Å²) < 4.78 is 30.1. The standard InChI is InChI=1S/C17H16BrN3O2S/c18-14-5-1-4-8-17(14)24(22,23)20-10-9-13(11-20)21-12-19-15-6-2-3-7-16(15)21/h1-8,12-13H,9-11H2/t13-/m0/s1. The van der Waals surface area contributed by atoms with Crippen LogP contribution >= 0.6 is 15.9 Å². The molecule has 0 saturated carbocycles. The van der Waals surface area contributed by atoms with Crippen LogP contribution < -0.4 is 0 Å². The molecule has 3 aromatic rings. The number of benzene rings is 2. The molecule has 2 aromatic carbocycles. The smallest absolute Gasteiger partial charge is 0.244 e. The fourth-order valence-corrected chi connectivity index (χ4v) is 5.67. The summed E-state index contributed by atoms with van der Waals surface area (Å²) in [5, 5.41) is 0. The van der Waals surface area contributed by atoms with Crippen molar-refractivity contribution in [2.75, 3.05) is 13.1 Å². The Labute approximate surface area is 149 Å². The molecule has 1 fully saturated rings. The normalized spacial score (nSPS) is 19.1. The highest BCUT2D eigenvalue weighted by molar-refractivity contribution is 9.10. The van der Waals surface area contributed by atoms with Gasteiger partial charge in [-0.2, -0.15) is 4.31 Å². The molecule has 1 atom stereocenters. The minimum Gasteiger partial charge on any atom is -0.326 e. The zero-order chi connectivity index (χ0) is 16.7. The second-order valence-electron chi connectivity index (χ2n) is 5.88. The van der Waals surface area contributed by atoms with E-state index in [1.807, 2.05) is 36.7 Å². The van der Waals surface area contributed by atoms with Crippen molar-refractivity contribution in [1.29, 1.82) is 0 Å².